The van der Waals surface area contributed by atoms with Crippen molar-refractivity contribution in [1.82, 2.24) is 9.36 Å². The van der Waals surface area contributed by atoms with Crippen molar-refractivity contribution < 1.29 is 4.74 Å². The van der Waals surface area contributed by atoms with Crippen molar-refractivity contribution in [2.45, 2.75) is 32.2 Å². The van der Waals surface area contributed by atoms with Crippen molar-refractivity contribution in [3.8, 4) is 0 Å². The van der Waals surface area contributed by atoms with Crippen LogP contribution in [0, 0.1) is 0 Å². The molecule has 2 heterocycles. The summed E-state index contributed by atoms with van der Waals surface area (Å²) in [6.45, 7) is 9.22. The molecule has 1 aromatic rings. The second kappa shape index (κ2) is 4.88. The first-order chi connectivity index (χ1) is 8.02. The van der Waals surface area contributed by atoms with E-state index < -0.39 is 0 Å². The van der Waals surface area contributed by atoms with Crippen LogP contribution in [0.3, 0.4) is 0 Å². The Balaban J connectivity index is 2.18. The summed E-state index contributed by atoms with van der Waals surface area (Å²) in [5.74, 6) is 0.903. The molecular weight excluding hydrogens is 236 g/mol. The molecular formula is C11H20N4OS. The Labute approximate surface area is 106 Å². The maximum atomic E-state index is 5.76. The minimum Gasteiger partial charge on any atom is -0.377 e. The number of morpholine rings is 1. The predicted molar refractivity (Wildman–Crippen MR) is 69.6 cm³/mol. The molecule has 0 radical (unpaired) electrons. The molecule has 2 rings (SSSR count). The molecule has 6 heteroatoms. The molecule has 1 saturated heterocycles. The van der Waals surface area contributed by atoms with E-state index >= 15 is 0 Å². The number of nitrogens with two attached hydrogens (primary N) is 1. The molecule has 2 N–H and O–H groups in total. The predicted octanol–water partition coefficient (Wildman–Crippen LogP) is 0.999. The summed E-state index contributed by atoms with van der Waals surface area (Å²) < 4.78 is 9.87. The average Bonchev–Trinajstić information content (AvgIpc) is 2.77. The molecule has 1 aromatic heterocycles. The molecule has 96 valence electrons. The average molecular weight is 256 g/mol. The molecule has 1 atom stereocenters. The van der Waals surface area contributed by atoms with Crippen molar-refractivity contribution in [3.05, 3.63) is 5.82 Å². The van der Waals surface area contributed by atoms with Crippen molar-refractivity contribution in [2.75, 3.05) is 31.2 Å². The van der Waals surface area contributed by atoms with Crippen molar-refractivity contribution >= 4 is 16.7 Å². The van der Waals surface area contributed by atoms with Gasteiger partial charge in [0, 0.05) is 30.0 Å². The van der Waals surface area contributed by atoms with Gasteiger partial charge in [-0.05, 0) is 0 Å². The number of ether oxygens (including phenoxy) is 1. The summed E-state index contributed by atoms with van der Waals surface area (Å²) in [4.78, 5) is 6.84. The highest BCUT2D eigenvalue weighted by molar-refractivity contribution is 7.09. The Morgan fingerprint density at radius 1 is 1.53 bits per heavy atom. The minimum absolute atomic E-state index is 0.000746. The zero-order valence-electron chi connectivity index (χ0n) is 10.6. The first kappa shape index (κ1) is 12.7. The normalized spacial score (nSPS) is 21.9. The molecule has 5 nitrogen and oxygen atoms in total. The van der Waals surface area contributed by atoms with Gasteiger partial charge >= 0.3 is 0 Å². The van der Waals surface area contributed by atoms with Gasteiger partial charge in [-0.2, -0.15) is 4.37 Å². The molecule has 1 unspecified atom stereocenters. The van der Waals surface area contributed by atoms with Crippen LogP contribution in [0.5, 0.6) is 0 Å². The quantitative estimate of drug-likeness (QED) is 0.855. The van der Waals surface area contributed by atoms with Gasteiger partial charge in [0.05, 0.1) is 19.3 Å². The Bertz CT molecular complexity index is 374. The third-order valence-corrected chi connectivity index (χ3v) is 3.58. The minimum atomic E-state index is -0.000746. The van der Waals surface area contributed by atoms with E-state index in [0.717, 1.165) is 24.1 Å². The Morgan fingerprint density at radius 3 is 2.88 bits per heavy atom. The van der Waals surface area contributed by atoms with Gasteiger partial charge in [-0.3, -0.25) is 0 Å². The Hall–Kier alpha value is -0.720. The maximum absolute atomic E-state index is 5.76. The second-order valence-corrected chi connectivity index (χ2v) is 6.04. The van der Waals surface area contributed by atoms with Crippen LogP contribution < -0.4 is 10.6 Å². The van der Waals surface area contributed by atoms with Gasteiger partial charge in [0.2, 0.25) is 5.13 Å². The first-order valence-electron chi connectivity index (χ1n) is 5.91. The van der Waals surface area contributed by atoms with Crippen molar-refractivity contribution in [1.29, 1.82) is 0 Å². The number of aromatic nitrogens is 2. The molecule has 0 bridgehead atoms. The third-order valence-electron chi connectivity index (χ3n) is 2.83. The van der Waals surface area contributed by atoms with E-state index in [1.54, 1.807) is 0 Å². The van der Waals surface area contributed by atoms with E-state index in [1.807, 2.05) is 0 Å². The van der Waals surface area contributed by atoms with E-state index in [2.05, 4.69) is 35.0 Å². The Morgan fingerprint density at radius 2 is 2.29 bits per heavy atom. The molecule has 1 aliphatic rings. The second-order valence-electron chi connectivity index (χ2n) is 5.31. The first-order valence-corrected chi connectivity index (χ1v) is 6.68. The molecule has 0 aliphatic carbocycles. The number of hydrogen-bond acceptors (Lipinski definition) is 6. The lowest BCUT2D eigenvalue weighted by Crippen LogP contribution is -2.49. The van der Waals surface area contributed by atoms with Crippen molar-refractivity contribution in [2.24, 2.45) is 5.73 Å². The van der Waals surface area contributed by atoms with Crippen molar-refractivity contribution in [3.63, 3.8) is 0 Å². The van der Waals surface area contributed by atoms with Crippen LogP contribution in [0.4, 0.5) is 5.13 Å². The molecule has 1 fully saturated rings. The van der Waals surface area contributed by atoms with Crippen LogP contribution in [-0.4, -0.2) is 41.7 Å². The van der Waals surface area contributed by atoms with Gasteiger partial charge in [0.25, 0.3) is 0 Å². The lowest BCUT2D eigenvalue weighted by atomic mass is 9.96. The molecule has 1 aliphatic heterocycles. The van der Waals surface area contributed by atoms with E-state index in [0.29, 0.717) is 13.2 Å². The zero-order chi connectivity index (χ0) is 12.5. The summed E-state index contributed by atoms with van der Waals surface area (Å²) in [6, 6.07) is 0.226. The van der Waals surface area contributed by atoms with Gasteiger partial charge in [-0.25, -0.2) is 4.98 Å². The number of hydrogen-bond donors (Lipinski definition) is 1. The zero-order valence-corrected chi connectivity index (χ0v) is 11.5. The molecule has 0 aromatic carbocycles. The van der Waals surface area contributed by atoms with E-state index in [4.69, 9.17) is 10.5 Å². The lowest BCUT2D eigenvalue weighted by Gasteiger charge is -2.34. The summed E-state index contributed by atoms with van der Waals surface area (Å²) in [5, 5.41) is 0.966. The standard InChI is InChI=1S/C11H20N4OS/c1-11(2,3)9-13-10(17-14-9)15-4-5-16-7-8(15)6-12/h8H,4-7,12H2,1-3H3. The van der Waals surface area contributed by atoms with Gasteiger partial charge in [0.1, 0.15) is 5.82 Å². The fraction of sp³-hybridized carbons (Fsp3) is 0.818. The van der Waals surface area contributed by atoms with E-state index in [-0.39, 0.29) is 11.5 Å². The summed E-state index contributed by atoms with van der Waals surface area (Å²) in [7, 11) is 0. The largest absolute Gasteiger partial charge is 0.377 e. The number of anilines is 1. The number of rotatable bonds is 2. The summed E-state index contributed by atoms with van der Waals surface area (Å²) in [5.41, 5.74) is 5.76. The van der Waals surface area contributed by atoms with Crippen LogP contribution in [-0.2, 0) is 10.2 Å². The van der Waals surface area contributed by atoms with Crippen LogP contribution in [0.1, 0.15) is 26.6 Å². The van der Waals surface area contributed by atoms with Gasteiger partial charge in [-0.1, -0.05) is 20.8 Å². The fourth-order valence-electron chi connectivity index (χ4n) is 1.74. The Kier molecular flexibility index (Phi) is 3.65. The molecule has 0 amide bonds. The van der Waals surface area contributed by atoms with Crippen LogP contribution in [0.15, 0.2) is 0 Å². The summed E-state index contributed by atoms with van der Waals surface area (Å²) >= 11 is 1.46. The fourth-order valence-corrected chi connectivity index (χ4v) is 2.69. The van der Waals surface area contributed by atoms with E-state index in [1.165, 1.54) is 11.5 Å². The van der Waals surface area contributed by atoms with Gasteiger partial charge in [0.15, 0.2) is 0 Å². The van der Waals surface area contributed by atoms with Crippen LogP contribution >= 0.6 is 11.5 Å². The highest BCUT2D eigenvalue weighted by atomic mass is 32.1. The third kappa shape index (κ3) is 2.75. The van der Waals surface area contributed by atoms with E-state index in [9.17, 15) is 0 Å². The highest BCUT2D eigenvalue weighted by Crippen LogP contribution is 2.27. The monoisotopic (exact) mass is 256 g/mol. The SMILES string of the molecule is CC(C)(C)c1nsc(N2CCOCC2CN)n1. The maximum Gasteiger partial charge on any atom is 0.205 e. The van der Waals surface area contributed by atoms with Gasteiger partial charge in [-0.15, -0.1) is 0 Å². The highest BCUT2D eigenvalue weighted by Gasteiger charge is 2.27. The molecule has 0 saturated carbocycles. The van der Waals surface area contributed by atoms with Gasteiger partial charge < -0.3 is 15.4 Å². The molecule has 0 spiro atoms. The smallest absolute Gasteiger partial charge is 0.205 e. The van der Waals surface area contributed by atoms with Crippen LogP contribution in [0.25, 0.3) is 0 Å². The molecule has 17 heavy (non-hydrogen) atoms. The lowest BCUT2D eigenvalue weighted by molar-refractivity contribution is 0.0962. The number of nitrogens with zero attached hydrogens (tertiary/aromatic N) is 3. The summed E-state index contributed by atoms with van der Waals surface area (Å²) in [6.07, 6.45) is 0. The topological polar surface area (TPSA) is 64.3 Å². The van der Waals surface area contributed by atoms with Crippen LogP contribution in [0.2, 0.25) is 0 Å².